The summed E-state index contributed by atoms with van der Waals surface area (Å²) < 4.78 is 26.3. The number of halogens is 2. The highest BCUT2D eigenvalue weighted by atomic mass is 19.1. The number of para-hydroxylation sites is 1. The lowest BCUT2D eigenvalue weighted by Gasteiger charge is -2.11. The zero-order valence-electron chi connectivity index (χ0n) is 9.67. The van der Waals surface area contributed by atoms with Gasteiger partial charge in [0.05, 0.1) is 16.9 Å². The Morgan fingerprint density at radius 2 is 1.94 bits per heavy atom. The molecule has 0 aromatic heterocycles. The summed E-state index contributed by atoms with van der Waals surface area (Å²) in [5.41, 5.74) is 1.91. The van der Waals surface area contributed by atoms with Crippen molar-refractivity contribution in [1.82, 2.24) is 0 Å². The van der Waals surface area contributed by atoms with Crippen LogP contribution in [0.1, 0.15) is 11.1 Å². The van der Waals surface area contributed by atoms with Crippen molar-refractivity contribution in [3.05, 3.63) is 59.2 Å². The predicted octanol–water partition coefficient (Wildman–Crippen LogP) is 3.89. The molecule has 0 fully saturated rings. The van der Waals surface area contributed by atoms with Crippen molar-refractivity contribution in [3.8, 4) is 6.07 Å². The summed E-state index contributed by atoms with van der Waals surface area (Å²) in [4.78, 5) is 0. The van der Waals surface area contributed by atoms with E-state index in [0.29, 0.717) is 11.3 Å². The number of benzene rings is 2. The molecule has 4 heteroatoms. The van der Waals surface area contributed by atoms with Crippen molar-refractivity contribution in [2.24, 2.45) is 0 Å². The van der Waals surface area contributed by atoms with Crippen LogP contribution in [0.5, 0.6) is 0 Å². The fraction of sp³-hybridized carbons (Fsp3) is 0.0714. The SMILES string of the molecule is Cc1cccc(C#N)c1Nc1ccc(F)cc1F. The minimum atomic E-state index is -0.692. The third-order valence-electron chi connectivity index (χ3n) is 2.58. The predicted molar refractivity (Wildman–Crippen MR) is 65.5 cm³/mol. The Bertz CT molecular complexity index is 630. The molecule has 0 amide bonds. The first kappa shape index (κ1) is 12.1. The third kappa shape index (κ3) is 2.30. The zero-order valence-corrected chi connectivity index (χ0v) is 9.67. The Kier molecular flexibility index (Phi) is 3.24. The zero-order chi connectivity index (χ0) is 13.1. The molecule has 0 heterocycles. The normalized spacial score (nSPS) is 9.89. The van der Waals surface area contributed by atoms with Gasteiger partial charge in [-0.15, -0.1) is 0 Å². The Morgan fingerprint density at radius 3 is 2.61 bits per heavy atom. The Labute approximate surface area is 103 Å². The highest BCUT2D eigenvalue weighted by Gasteiger charge is 2.09. The fourth-order valence-electron chi connectivity index (χ4n) is 1.65. The minimum absolute atomic E-state index is 0.141. The molecule has 2 rings (SSSR count). The van der Waals surface area contributed by atoms with Gasteiger partial charge in [0.15, 0.2) is 0 Å². The molecule has 2 nitrogen and oxygen atoms in total. The fourth-order valence-corrected chi connectivity index (χ4v) is 1.65. The van der Waals surface area contributed by atoms with E-state index in [9.17, 15) is 8.78 Å². The molecule has 0 aliphatic rings. The topological polar surface area (TPSA) is 35.8 Å². The van der Waals surface area contributed by atoms with E-state index in [-0.39, 0.29) is 5.69 Å². The maximum Gasteiger partial charge on any atom is 0.149 e. The number of hydrogen-bond donors (Lipinski definition) is 1. The van der Waals surface area contributed by atoms with E-state index in [1.54, 1.807) is 12.1 Å². The lowest BCUT2D eigenvalue weighted by atomic mass is 10.1. The third-order valence-corrected chi connectivity index (χ3v) is 2.58. The monoisotopic (exact) mass is 244 g/mol. The molecular formula is C14H10F2N2. The molecule has 0 bridgehead atoms. The van der Waals surface area contributed by atoms with Gasteiger partial charge in [-0.1, -0.05) is 12.1 Å². The molecule has 0 saturated carbocycles. The van der Waals surface area contributed by atoms with Crippen LogP contribution in [0.25, 0.3) is 0 Å². The quantitative estimate of drug-likeness (QED) is 0.869. The van der Waals surface area contributed by atoms with Gasteiger partial charge in [0.1, 0.15) is 17.7 Å². The standard InChI is InChI=1S/C14H10F2N2/c1-9-3-2-4-10(8-17)14(9)18-13-6-5-11(15)7-12(13)16/h2-7,18H,1H3. The van der Waals surface area contributed by atoms with Crippen LogP contribution in [0.4, 0.5) is 20.2 Å². The average Bonchev–Trinajstić information content (AvgIpc) is 2.34. The number of hydrogen-bond acceptors (Lipinski definition) is 2. The molecule has 0 aliphatic carbocycles. The number of aryl methyl sites for hydroxylation is 1. The highest BCUT2D eigenvalue weighted by Crippen LogP contribution is 2.26. The Balaban J connectivity index is 2.43. The second kappa shape index (κ2) is 4.84. The van der Waals surface area contributed by atoms with E-state index in [0.717, 1.165) is 17.7 Å². The second-order valence-corrected chi connectivity index (χ2v) is 3.86. The van der Waals surface area contributed by atoms with E-state index in [4.69, 9.17) is 5.26 Å². The van der Waals surface area contributed by atoms with Crippen molar-refractivity contribution in [2.45, 2.75) is 6.92 Å². The van der Waals surface area contributed by atoms with E-state index in [2.05, 4.69) is 5.32 Å². The van der Waals surface area contributed by atoms with Crippen LogP contribution >= 0.6 is 0 Å². The molecule has 0 spiro atoms. The summed E-state index contributed by atoms with van der Waals surface area (Å²) in [5, 5.41) is 11.8. The van der Waals surface area contributed by atoms with Crippen molar-refractivity contribution in [2.75, 3.05) is 5.32 Å². The first-order valence-corrected chi connectivity index (χ1v) is 5.33. The summed E-state index contributed by atoms with van der Waals surface area (Å²) in [7, 11) is 0. The van der Waals surface area contributed by atoms with Crippen LogP contribution in [0.15, 0.2) is 36.4 Å². The van der Waals surface area contributed by atoms with Gasteiger partial charge in [0, 0.05) is 6.07 Å². The van der Waals surface area contributed by atoms with Crippen LogP contribution in [-0.2, 0) is 0 Å². The van der Waals surface area contributed by atoms with Gasteiger partial charge in [-0.2, -0.15) is 5.26 Å². The Morgan fingerprint density at radius 1 is 1.17 bits per heavy atom. The smallest absolute Gasteiger partial charge is 0.149 e. The molecule has 0 aliphatic heterocycles. The van der Waals surface area contributed by atoms with Crippen molar-refractivity contribution >= 4 is 11.4 Å². The number of nitrogens with one attached hydrogen (secondary N) is 1. The summed E-state index contributed by atoms with van der Waals surface area (Å²) in [6.45, 7) is 1.81. The van der Waals surface area contributed by atoms with Crippen LogP contribution in [0.3, 0.4) is 0 Å². The largest absolute Gasteiger partial charge is 0.352 e. The van der Waals surface area contributed by atoms with Gasteiger partial charge >= 0.3 is 0 Å². The van der Waals surface area contributed by atoms with E-state index >= 15 is 0 Å². The average molecular weight is 244 g/mol. The lowest BCUT2D eigenvalue weighted by molar-refractivity contribution is 0.586. The van der Waals surface area contributed by atoms with Gasteiger partial charge in [0.25, 0.3) is 0 Å². The second-order valence-electron chi connectivity index (χ2n) is 3.86. The highest BCUT2D eigenvalue weighted by molar-refractivity contribution is 5.70. The summed E-state index contributed by atoms with van der Waals surface area (Å²) >= 11 is 0. The molecule has 1 N–H and O–H groups in total. The Hall–Kier alpha value is -2.41. The van der Waals surface area contributed by atoms with Crippen LogP contribution in [0.2, 0.25) is 0 Å². The van der Waals surface area contributed by atoms with Crippen molar-refractivity contribution in [3.63, 3.8) is 0 Å². The van der Waals surface area contributed by atoms with Gasteiger partial charge < -0.3 is 5.32 Å². The van der Waals surface area contributed by atoms with E-state index in [1.165, 1.54) is 6.07 Å². The minimum Gasteiger partial charge on any atom is -0.352 e. The molecule has 2 aromatic carbocycles. The number of rotatable bonds is 2. The number of anilines is 2. The molecular weight excluding hydrogens is 234 g/mol. The summed E-state index contributed by atoms with van der Waals surface area (Å²) in [6.07, 6.45) is 0. The summed E-state index contributed by atoms with van der Waals surface area (Å²) in [5.74, 6) is -1.33. The van der Waals surface area contributed by atoms with Crippen LogP contribution in [-0.4, -0.2) is 0 Å². The first-order valence-electron chi connectivity index (χ1n) is 5.33. The molecule has 2 aromatic rings. The van der Waals surface area contributed by atoms with Crippen LogP contribution in [0, 0.1) is 29.9 Å². The van der Waals surface area contributed by atoms with Gasteiger partial charge in [-0.05, 0) is 30.7 Å². The number of nitriles is 1. The molecule has 0 atom stereocenters. The lowest BCUT2D eigenvalue weighted by Crippen LogP contribution is -1.99. The van der Waals surface area contributed by atoms with Gasteiger partial charge in [-0.3, -0.25) is 0 Å². The maximum absolute atomic E-state index is 13.5. The van der Waals surface area contributed by atoms with E-state index in [1.807, 2.05) is 19.1 Å². The summed E-state index contributed by atoms with van der Waals surface area (Å²) in [6, 6.07) is 10.5. The molecule has 90 valence electrons. The molecule has 0 radical (unpaired) electrons. The molecule has 0 unspecified atom stereocenters. The first-order chi connectivity index (χ1) is 8.61. The van der Waals surface area contributed by atoms with E-state index < -0.39 is 11.6 Å². The van der Waals surface area contributed by atoms with Crippen molar-refractivity contribution in [1.29, 1.82) is 5.26 Å². The number of nitrogens with zero attached hydrogens (tertiary/aromatic N) is 1. The van der Waals surface area contributed by atoms with Crippen LogP contribution < -0.4 is 5.32 Å². The van der Waals surface area contributed by atoms with Gasteiger partial charge in [-0.25, -0.2) is 8.78 Å². The molecule has 18 heavy (non-hydrogen) atoms. The maximum atomic E-state index is 13.5. The van der Waals surface area contributed by atoms with Gasteiger partial charge in [0.2, 0.25) is 0 Å². The molecule has 0 saturated heterocycles. The van der Waals surface area contributed by atoms with Crippen molar-refractivity contribution < 1.29 is 8.78 Å².